The van der Waals surface area contributed by atoms with Crippen LogP contribution >= 0.6 is 11.6 Å². The van der Waals surface area contributed by atoms with Crippen molar-refractivity contribution in [3.8, 4) is 0 Å². The first-order valence-electron chi connectivity index (χ1n) is 12.5. The maximum absolute atomic E-state index is 13.4. The Morgan fingerprint density at radius 2 is 1.92 bits per heavy atom. The van der Waals surface area contributed by atoms with Crippen molar-refractivity contribution < 1.29 is 14.1 Å². The molecule has 2 amide bonds. The largest absolute Gasteiger partial charge is 0.360 e. The molecule has 2 aromatic carbocycles. The lowest BCUT2D eigenvalue weighted by atomic mass is 10.00. The van der Waals surface area contributed by atoms with E-state index in [0.29, 0.717) is 16.1 Å². The van der Waals surface area contributed by atoms with Gasteiger partial charge in [-0.25, -0.2) is 0 Å². The second-order valence-electron chi connectivity index (χ2n) is 9.82. The van der Waals surface area contributed by atoms with Gasteiger partial charge in [-0.05, 0) is 68.0 Å². The minimum atomic E-state index is -0.195. The van der Waals surface area contributed by atoms with Gasteiger partial charge in [0.2, 0.25) is 0 Å². The second kappa shape index (κ2) is 10.4. The van der Waals surface area contributed by atoms with Crippen LogP contribution in [0, 0.1) is 6.92 Å². The van der Waals surface area contributed by atoms with Crippen LogP contribution in [0.25, 0.3) is 0 Å². The maximum Gasteiger partial charge on any atom is 0.253 e. The van der Waals surface area contributed by atoms with Gasteiger partial charge in [0, 0.05) is 37.8 Å². The highest BCUT2D eigenvalue weighted by molar-refractivity contribution is 6.33. The van der Waals surface area contributed by atoms with Crippen LogP contribution < -0.4 is 5.32 Å². The average molecular weight is 507 g/mol. The van der Waals surface area contributed by atoms with Crippen LogP contribution in [0.1, 0.15) is 68.6 Å². The molecule has 2 heterocycles. The lowest BCUT2D eigenvalue weighted by Gasteiger charge is -2.36. The molecule has 1 N–H and O–H groups in total. The zero-order chi connectivity index (χ0) is 25.2. The number of aromatic nitrogens is 1. The summed E-state index contributed by atoms with van der Waals surface area (Å²) in [5.74, 6) is 0.703. The van der Waals surface area contributed by atoms with Crippen molar-refractivity contribution in [3.05, 3.63) is 87.3 Å². The first-order valence-corrected chi connectivity index (χ1v) is 12.9. The summed E-state index contributed by atoms with van der Waals surface area (Å²) in [6, 6.07) is 15.0. The van der Waals surface area contributed by atoms with Crippen molar-refractivity contribution in [3.63, 3.8) is 0 Å². The third-order valence-electron chi connectivity index (χ3n) is 7.38. The van der Waals surface area contributed by atoms with Gasteiger partial charge in [-0.1, -0.05) is 35.0 Å². The van der Waals surface area contributed by atoms with Crippen LogP contribution in [0.3, 0.4) is 0 Å². The van der Waals surface area contributed by atoms with Crippen LogP contribution in [0.5, 0.6) is 0 Å². The molecule has 7 nitrogen and oxygen atoms in total. The Balaban J connectivity index is 1.22. The summed E-state index contributed by atoms with van der Waals surface area (Å²) < 4.78 is 5.35. The van der Waals surface area contributed by atoms with Gasteiger partial charge in [-0.3, -0.25) is 14.5 Å². The van der Waals surface area contributed by atoms with Gasteiger partial charge >= 0.3 is 0 Å². The molecule has 8 heteroatoms. The van der Waals surface area contributed by atoms with Crippen LogP contribution in [-0.4, -0.2) is 52.9 Å². The Labute approximate surface area is 216 Å². The van der Waals surface area contributed by atoms with E-state index in [2.05, 4.69) is 15.4 Å². The molecule has 1 fully saturated rings. The van der Waals surface area contributed by atoms with Gasteiger partial charge < -0.3 is 14.7 Å². The minimum absolute atomic E-state index is 0.0187. The Morgan fingerprint density at radius 3 is 2.64 bits per heavy atom. The molecular formula is C28H31ClN4O3. The molecule has 1 saturated heterocycles. The molecule has 0 radical (unpaired) electrons. The fourth-order valence-corrected chi connectivity index (χ4v) is 5.53. The predicted molar refractivity (Wildman–Crippen MR) is 138 cm³/mol. The molecule has 0 bridgehead atoms. The average Bonchev–Trinajstić information content (AvgIpc) is 3.49. The summed E-state index contributed by atoms with van der Waals surface area (Å²) in [6.07, 6.45) is 3.51. The number of likely N-dealkylation sites (tertiary alicyclic amines) is 1. The van der Waals surface area contributed by atoms with E-state index in [9.17, 15) is 9.59 Å². The highest BCUT2D eigenvalue weighted by atomic mass is 35.5. The number of fused-ring (bicyclic) bond motifs is 1. The molecule has 0 saturated carbocycles. The van der Waals surface area contributed by atoms with Gasteiger partial charge in [-0.15, -0.1) is 0 Å². The summed E-state index contributed by atoms with van der Waals surface area (Å²) in [7, 11) is 1.90. The summed E-state index contributed by atoms with van der Waals surface area (Å²) in [5.41, 5.74) is 4.21. The zero-order valence-corrected chi connectivity index (χ0v) is 21.4. The van der Waals surface area contributed by atoms with Gasteiger partial charge in [0.15, 0.2) is 5.76 Å². The van der Waals surface area contributed by atoms with Crippen molar-refractivity contribution in [2.75, 3.05) is 20.1 Å². The highest BCUT2D eigenvalue weighted by Crippen LogP contribution is 2.33. The van der Waals surface area contributed by atoms with Crippen LogP contribution in [0.2, 0.25) is 5.02 Å². The quantitative estimate of drug-likeness (QED) is 0.520. The summed E-state index contributed by atoms with van der Waals surface area (Å²) in [4.78, 5) is 30.4. The van der Waals surface area contributed by atoms with Crippen molar-refractivity contribution >= 4 is 23.4 Å². The number of rotatable bonds is 6. The fourth-order valence-electron chi connectivity index (χ4n) is 5.31. The number of carbonyl (C=O) groups is 2. The third kappa shape index (κ3) is 5.18. The molecular weight excluding hydrogens is 476 g/mol. The van der Waals surface area contributed by atoms with Crippen molar-refractivity contribution in [1.29, 1.82) is 0 Å². The zero-order valence-electron chi connectivity index (χ0n) is 20.7. The van der Waals surface area contributed by atoms with E-state index in [1.807, 2.05) is 43.1 Å². The molecule has 0 spiro atoms. The number of carbonyl (C=O) groups excluding carboxylic acids is 2. The van der Waals surface area contributed by atoms with E-state index in [1.54, 1.807) is 24.3 Å². The molecule has 2 aliphatic rings. The summed E-state index contributed by atoms with van der Waals surface area (Å²) in [5, 5.41) is 7.51. The summed E-state index contributed by atoms with van der Waals surface area (Å²) in [6.45, 7) is 4.48. The second-order valence-corrected chi connectivity index (χ2v) is 10.2. The number of nitrogens with zero attached hydrogens (tertiary/aromatic N) is 3. The van der Waals surface area contributed by atoms with Crippen molar-refractivity contribution in [1.82, 2.24) is 20.3 Å². The van der Waals surface area contributed by atoms with E-state index in [-0.39, 0.29) is 23.9 Å². The topological polar surface area (TPSA) is 78.7 Å². The van der Waals surface area contributed by atoms with Gasteiger partial charge in [0.1, 0.15) is 0 Å². The van der Waals surface area contributed by atoms with Gasteiger partial charge in [-0.2, -0.15) is 0 Å². The molecule has 36 heavy (non-hydrogen) atoms. The number of amides is 2. The molecule has 1 atom stereocenters. The van der Waals surface area contributed by atoms with Crippen molar-refractivity contribution in [2.24, 2.45) is 0 Å². The number of hydrogen-bond acceptors (Lipinski definition) is 5. The normalized spacial score (nSPS) is 18.1. The van der Waals surface area contributed by atoms with Gasteiger partial charge in [0.05, 0.1) is 28.9 Å². The van der Waals surface area contributed by atoms with Crippen LogP contribution in [0.4, 0.5) is 0 Å². The number of halogens is 1. The molecule has 1 aliphatic heterocycles. The highest BCUT2D eigenvalue weighted by Gasteiger charge is 2.29. The number of hydrogen-bond donors (Lipinski definition) is 1. The molecule has 0 unspecified atom stereocenters. The Morgan fingerprint density at radius 1 is 1.14 bits per heavy atom. The van der Waals surface area contributed by atoms with E-state index >= 15 is 0 Å². The Kier molecular flexibility index (Phi) is 7.12. The number of benzene rings is 2. The third-order valence-corrected chi connectivity index (χ3v) is 7.71. The number of piperidine rings is 1. The molecule has 5 rings (SSSR count). The van der Waals surface area contributed by atoms with E-state index in [0.717, 1.165) is 62.3 Å². The van der Waals surface area contributed by atoms with E-state index < -0.39 is 0 Å². The van der Waals surface area contributed by atoms with Crippen LogP contribution in [0.15, 0.2) is 53.1 Å². The first-order chi connectivity index (χ1) is 17.4. The monoisotopic (exact) mass is 506 g/mol. The number of aryl methyl sites for hydroxylation is 2. The first kappa shape index (κ1) is 24.5. The molecule has 1 aliphatic carbocycles. The van der Waals surface area contributed by atoms with E-state index in [1.165, 1.54) is 5.56 Å². The lowest BCUT2D eigenvalue weighted by Crippen LogP contribution is -2.45. The van der Waals surface area contributed by atoms with Crippen LogP contribution in [-0.2, 0) is 13.0 Å². The predicted octanol–water partition coefficient (Wildman–Crippen LogP) is 4.79. The van der Waals surface area contributed by atoms with Crippen molar-refractivity contribution in [2.45, 2.75) is 51.2 Å². The molecule has 188 valence electrons. The molecule has 1 aromatic heterocycles. The summed E-state index contributed by atoms with van der Waals surface area (Å²) >= 11 is 6.21. The lowest BCUT2D eigenvalue weighted by molar-refractivity contribution is 0.0628. The fraction of sp³-hybridized carbons (Fsp3) is 0.393. The van der Waals surface area contributed by atoms with Gasteiger partial charge in [0.25, 0.3) is 11.8 Å². The molecule has 3 aromatic rings. The standard InChI is InChI=1S/C28H31ClN4O3/c1-18-15-22(36-31-18)17-33-13-11-21(12-14-33)32(2)28(35)20-8-7-19-9-10-26(24(19)16-20)30-27(34)23-5-3-4-6-25(23)29/h3-8,15-16,21,26H,9-14,17H2,1-2H3,(H,30,34)/t26-/m1/s1. The smallest absolute Gasteiger partial charge is 0.253 e. The minimum Gasteiger partial charge on any atom is -0.360 e. The maximum atomic E-state index is 13.4. The Bertz CT molecular complexity index is 1270. The number of nitrogens with one attached hydrogen (secondary N) is 1. The Hall–Kier alpha value is -3.16. The van der Waals surface area contributed by atoms with E-state index in [4.69, 9.17) is 16.1 Å². The SMILES string of the molecule is Cc1cc(CN2CCC(N(C)C(=O)c3ccc4c(c3)[C@H](NC(=O)c3ccccc3Cl)CC4)CC2)on1.